The van der Waals surface area contributed by atoms with Crippen LogP contribution in [-0.2, 0) is 61.6 Å². The Hall–Kier alpha value is -0.970. The Morgan fingerprint density at radius 1 is 0.259 bits per heavy atom. The first-order valence-corrected chi connectivity index (χ1v) is 21.3. The van der Waals surface area contributed by atoms with Gasteiger partial charge in [0.25, 0.3) is 0 Å². The zero-order chi connectivity index (χ0) is 38.9. The Labute approximate surface area is 329 Å². The summed E-state index contributed by atoms with van der Waals surface area (Å²) < 4.78 is 65.7. The fourth-order valence-corrected chi connectivity index (χ4v) is 4.98. The fourth-order valence-electron chi connectivity index (χ4n) is 4.98. The molecule has 0 fully saturated rings. The summed E-state index contributed by atoms with van der Waals surface area (Å²) in [6, 6.07) is 0. The maximum Gasteiger partial charge on any atom is 0.305 e. The Morgan fingerprint density at radius 2 is 0.481 bits per heavy atom. The molecule has 0 N–H and O–H groups in total. The smallest absolute Gasteiger partial charge is 0.305 e. The Kier molecular flexibility index (Phi) is 49.2. The Morgan fingerprint density at radius 3 is 0.778 bits per heavy atom. The Bertz CT molecular complexity index is 689. The maximum absolute atomic E-state index is 11.6. The van der Waals surface area contributed by atoms with Gasteiger partial charge in [0, 0.05) is 13.0 Å². The van der Waals surface area contributed by atoms with E-state index in [1.54, 1.807) is 0 Å². The SMILES string of the molecule is CCCCCCCCCCCCOCCOCCOCCOCCOCCOCCOCCOCCOCCOCCOCCOC(=O)CCCCCC. The molecule has 0 aromatic rings. The molecule has 0 amide bonds. The zero-order valence-electron chi connectivity index (χ0n) is 34.7. The number of rotatable bonds is 49. The summed E-state index contributed by atoms with van der Waals surface area (Å²) in [4.78, 5) is 11.6. The highest BCUT2D eigenvalue weighted by Crippen LogP contribution is 2.10. The van der Waals surface area contributed by atoms with Crippen LogP contribution >= 0.6 is 0 Å². The largest absolute Gasteiger partial charge is 0.463 e. The van der Waals surface area contributed by atoms with Crippen LogP contribution < -0.4 is 0 Å². The van der Waals surface area contributed by atoms with Crippen molar-refractivity contribution in [2.24, 2.45) is 0 Å². The molecule has 0 saturated heterocycles. The molecule has 54 heavy (non-hydrogen) atoms. The highest BCUT2D eigenvalue weighted by Gasteiger charge is 2.02. The molecule has 0 aliphatic carbocycles. The van der Waals surface area contributed by atoms with Crippen molar-refractivity contribution in [3.63, 3.8) is 0 Å². The van der Waals surface area contributed by atoms with Gasteiger partial charge in [0.15, 0.2) is 0 Å². The van der Waals surface area contributed by atoms with Gasteiger partial charge in [0.05, 0.1) is 139 Å². The van der Waals surface area contributed by atoms with Gasteiger partial charge in [-0.15, -0.1) is 0 Å². The van der Waals surface area contributed by atoms with E-state index in [1.807, 2.05) is 0 Å². The van der Waals surface area contributed by atoms with E-state index in [9.17, 15) is 4.79 Å². The number of carbonyl (C=O) groups excluding carboxylic acids is 1. The lowest BCUT2D eigenvalue weighted by Gasteiger charge is -2.09. The third-order valence-corrected chi connectivity index (χ3v) is 8.09. The monoisotopic (exact) mass is 783 g/mol. The molecular formula is C41H82O13. The number of hydrogen-bond acceptors (Lipinski definition) is 13. The van der Waals surface area contributed by atoms with Crippen LogP contribution in [0.3, 0.4) is 0 Å². The Balaban J connectivity index is 3.08. The van der Waals surface area contributed by atoms with Crippen LogP contribution in [0.15, 0.2) is 0 Å². The number of esters is 1. The van der Waals surface area contributed by atoms with Crippen molar-refractivity contribution in [3.05, 3.63) is 0 Å². The first-order valence-electron chi connectivity index (χ1n) is 21.3. The van der Waals surface area contributed by atoms with E-state index in [0.717, 1.165) is 38.7 Å². The van der Waals surface area contributed by atoms with Crippen molar-refractivity contribution in [1.82, 2.24) is 0 Å². The van der Waals surface area contributed by atoms with E-state index in [2.05, 4.69) is 13.8 Å². The lowest BCUT2D eigenvalue weighted by atomic mass is 10.1. The molecule has 0 heterocycles. The van der Waals surface area contributed by atoms with Crippen LogP contribution in [0.2, 0.25) is 0 Å². The van der Waals surface area contributed by atoms with Crippen molar-refractivity contribution in [2.45, 2.75) is 110 Å². The lowest BCUT2D eigenvalue weighted by molar-refractivity contribution is -0.145. The van der Waals surface area contributed by atoms with E-state index < -0.39 is 0 Å². The van der Waals surface area contributed by atoms with Gasteiger partial charge < -0.3 is 56.8 Å². The van der Waals surface area contributed by atoms with Crippen LogP contribution in [0.25, 0.3) is 0 Å². The summed E-state index contributed by atoms with van der Waals surface area (Å²) in [5.41, 5.74) is 0. The third-order valence-electron chi connectivity index (χ3n) is 8.09. The molecule has 0 bridgehead atoms. The average molecular weight is 783 g/mol. The summed E-state index contributed by atoms with van der Waals surface area (Å²) in [7, 11) is 0. The molecular weight excluding hydrogens is 700 g/mol. The van der Waals surface area contributed by atoms with Crippen LogP contribution in [0.4, 0.5) is 0 Å². The van der Waals surface area contributed by atoms with Crippen LogP contribution in [-0.4, -0.2) is 158 Å². The quantitative estimate of drug-likeness (QED) is 0.0486. The van der Waals surface area contributed by atoms with E-state index in [-0.39, 0.29) is 12.6 Å². The van der Waals surface area contributed by atoms with Gasteiger partial charge >= 0.3 is 5.97 Å². The van der Waals surface area contributed by atoms with Crippen molar-refractivity contribution in [2.75, 3.05) is 152 Å². The number of ether oxygens (including phenoxy) is 12. The van der Waals surface area contributed by atoms with Gasteiger partial charge in [-0.05, 0) is 12.8 Å². The second-order valence-electron chi connectivity index (χ2n) is 12.9. The second kappa shape index (κ2) is 50.0. The molecule has 0 aromatic heterocycles. The second-order valence-corrected chi connectivity index (χ2v) is 12.9. The number of unbranched alkanes of at least 4 members (excludes halogenated alkanes) is 12. The summed E-state index contributed by atoms with van der Waals surface area (Å²) in [6.07, 6.45) is 18.2. The fraction of sp³-hybridized carbons (Fsp3) is 0.976. The summed E-state index contributed by atoms with van der Waals surface area (Å²) in [5.74, 6) is -0.150. The van der Waals surface area contributed by atoms with E-state index >= 15 is 0 Å². The molecule has 13 heteroatoms. The van der Waals surface area contributed by atoms with E-state index in [0.29, 0.717) is 145 Å². The van der Waals surface area contributed by atoms with Crippen LogP contribution in [0, 0.1) is 0 Å². The van der Waals surface area contributed by atoms with Gasteiger partial charge in [-0.1, -0.05) is 90.9 Å². The summed E-state index contributed by atoms with van der Waals surface area (Å²) in [5, 5.41) is 0. The van der Waals surface area contributed by atoms with E-state index in [4.69, 9.17) is 56.8 Å². The van der Waals surface area contributed by atoms with Crippen LogP contribution in [0.5, 0.6) is 0 Å². The zero-order valence-corrected chi connectivity index (χ0v) is 34.7. The molecule has 0 aliphatic heterocycles. The van der Waals surface area contributed by atoms with Crippen molar-refractivity contribution in [3.8, 4) is 0 Å². The minimum Gasteiger partial charge on any atom is -0.463 e. The standard InChI is InChI=1S/C41H82O13/c1-3-5-7-9-10-11-12-13-14-16-18-43-19-20-44-21-22-45-23-24-46-25-26-47-27-28-48-29-30-49-31-32-50-33-34-51-35-36-52-37-38-53-39-40-54-41(42)17-15-8-6-4-2/h3-40H2,1-2H3. The molecule has 0 aliphatic rings. The highest BCUT2D eigenvalue weighted by atomic mass is 16.6. The summed E-state index contributed by atoms with van der Waals surface area (Å²) in [6.45, 7) is 16.3. The first-order chi connectivity index (χ1) is 26.8. The molecule has 0 aromatic carbocycles. The van der Waals surface area contributed by atoms with Gasteiger partial charge in [0.2, 0.25) is 0 Å². The van der Waals surface area contributed by atoms with Crippen molar-refractivity contribution < 1.29 is 61.6 Å². The van der Waals surface area contributed by atoms with Gasteiger partial charge in [0.1, 0.15) is 6.61 Å². The normalized spacial score (nSPS) is 11.5. The minimum absolute atomic E-state index is 0.150. The lowest BCUT2D eigenvalue weighted by Crippen LogP contribution is -2.15. The molecule has 0 spiro atoms. The topological polar surface area (TPSA) is 128 Å². The predicted molar refractivity (Wildman–Crippen MR) is 211 cm³/mol. The molecule has 0 radical (unpaired) electrons. The first kappa shape index (κ1) is 53.0. The summed E-state index contributed by atoms with van der Waals surface area (Å²) >= 11 is 0. The highest BCUT2D eigenvalue weighted by molar-refractivity contribution is 5.69. The van der Waals surface area contributed by atoms with Gasteiger partial charge in [-0.25, -0.2) is 0 Å². The molecule has 0 saturated carbocycles. The average Bonchev–Trinajstić information content (AvgIpc) is 3.18. The van der Waals surface area contributed by atoms with Crippen molar-refractivity contribution in [1.29, 1.82) is 0 Å². The molecule has 324 valence electrons. The van der Waals surface area contributed by atoms with Crippen molar-refractivity contribution >= 4 is 5.97 Å². The molecule has 0 unspecified atom stereocenters. The predicted octanol–water partition coefficient (Wildman–Crippen LogP) is 6.60. The minimum atomic E-state index is -0.150. The molecule has 13 nitrogen and oxygen atoms in total. The van der Waals surface area contributed by atoms with Gasteiger partial charge in [-0.2, -0.15) is 0 Å². The molecule has 0 rings (SSSR count). The molecule has 0 atom stereocenters. The van der Waals surface area contributed by atoms with Crippen LogP contribution in [0.1, 0.15) is 110 Å². The number of carbonyl (C=O) groups is 1. The number of hydrogen-bond donors (Lipinski definition) is 0. The van der Waals surface area contributed by atoms with E-state index in [1.165, 1.54) is 57.8 Å². The maximum atomic E-state index is 11.6. The third kappa shape index (κ3) is 49.0. The van der Waals surface area contributed by atoms with Gasteiger partial charge in [-0.3, -0.25) is 4.79 Å².